The van der Waals surface area contributed by atoms with E-state index in [1.54, 1.807) is 60.7 Å². The van der Waals surface area contributed by atoms with Crippen molar-refractivity contribution in [3.05, 3.63) is 102 Å². The SMILES string of the molecule is COC(=O)[C@](C(C)=O)(N1C(=O)N(Cc2ccccc2)[C@](C)(c2ccc(C=NN)cc2)C1=O)N(C(=O)[C@@H](N)CC(=O)O)c1ccccc1. The topological polar surface area (TPSA) is 206 Å². The van der Waals surface area contributed by atoms with Crippen LogP contribution in [0.1, 0.15) is 37.0 Å². The zero-order valence-electron chi connectivity index (χ0n) is 25.9. The van der Waals surface area contributed by atoms with Gasteiger partial charge in [-0.3, -0.25) is 24.1 Å². The van der Waals surface area contributed by atoms with Gasteiger partial charge in [-0.15, -0.1) is 0 Å². The maximum atomic E-state index is 14.9. The van der Waals surface area contributed by atoms with Gasteiger partial charge in [-0.1, -0.05) is 72.8 Å². The summed E-state index contributed by atoms with van der Waals surface area (Å²) in [6, 6.07) is 19.4. The Morgan fingerprint density at radius 1 is 1.00 bits per heavy atom. The highest BCUT2D eigenvalue weighted by molar-refractivity contribution is 6.24. The highest BCUT2D eigenvalue weighted by atomic mass is 16.5. The predicted molar refractivity (Wildman–Crippen MR) is 169 cm³/mol. The number of ether oxygens (including phenoxy) is 1. The van der Waals surface area contributed by atoms with Crippen LogP contribution >= 0.6 is 0 Å². The third kappa shape index (κ3) is 5.93. The maximum absolute atomic E-state index is 14.9. The van der Waals surface area contributed by atoms with Crippen molar-refractivity contribution in [2.45, 2.75) is 44.1 Å². The summed E-state index contributed by atoms with van der Waals surface area (Å²) in [5.41, 5.74) is 2.45. The van der Waals surface area contributed by atoms with Crippen LogP contribution in [0.4, 0.5) is 10.5 Å². The van der Waals surface area contributed by atoms with E-state index in [1.165, 1.54) is 42.3 Å². The van der Waals surface area contributed by atoms with E-state index < -0.39 is 59.2 Å². The quantitative estimate of drug-likeness (QED) is 0.0654. The van der Waals surface area contributed by atoms with Gasteiger partial charge in [0, 0.05) is 12.2 Å². The number of amides is 4. The Bertz CT molecular complexity index is 1720. The number of nitrogens with two attached hydrogens (primary N) is 2. The Morgan fingerprint density at radius 2 is 1.57 bits per heavy atom. The molecular formula is C33H34N6O8. The molecule has 3 aromatic carbocycles. The van der Waals surface area contributed by atoms with Gasteiger partial charge in [-0.2, -0.15) is 5.10 Å². The minimum atomic E-state index is -3.09. The minimum absolute atomic E-state index is 0.131. The van der Waals surface area contributed by atoms with Crippen LogP contribution in [0.5, 0.6) is 0 Å². The smallest absolute Gasteiger partial charge is 0.362 e. The third-order valence-corrected chi connectivity index (χ3v) is 8.02. The van der Waals surface area contributed by atoms with E-state index in [2.05, 4.69) is 5.10 Å². The zero-order chi connectivity index (χ0) is 34.5. The van der Waals surface area contributed by atoms with Crippen molar-refractivity contribution in [3.8, 4) is 0 Å². The fourth-order valence-corrected chi connectivity index (χ4v) is 5.64. The number of hydrazone groups is 1. The Labute approximate surface area is 270 Å². The average molecular weight is 643 g/mol. The number of carboxylic acid groups (broad SMARTS) is 1. The first-order valence-electron chi connectivity index (χ1n) is 14.4. The summed E-state index contributed by atoms with van der Waals surface area (Å²) in [6.45, 7) is 2.22. The molecule has 47 heavy (non-hydrogen) atoms. The second kappa shape index (κ2) is 13.6. The highest BCUT2D eigenvalue weighted by Gasteiger charge is 2.69. The van der Waals surface area contributed by atoms with Gasteiger partial charge in [0.1, 0.15) is 5.54 Å². The van der Waals surface area contributed by atoms with Gasteiger partial charge in [-0.05, 0) is 42.7 Å². The average Bonchev–Trinajstić information content (AvgIpc) is 3.24. The fourth-order valence-electron chi connectivity index (χ4n) is 5.64. The van der Waals surface area contributed by atoms with E-state index in [0.717, 1.165) is 14.0 Å². The number of Topliss-reactive ketones (excluding diaryl/α,β-unsaturated/α-hetero) is 1. The lowest BCUT2D eigenvalue weighted by Gasteiger charge is -2.44. The fraction of sp³-hybridized carbons (Fsp3) is 0.242. The van der Waals surface area contributed by atoms with Crippen LogP contribution in [-0.2, 0) is 40.8 Å². The minimum Gasteiger partial charge on any atom is -0.481 e. The normalized spacial score (nSPS) is 18.1. The van der Waals surface area contributed by atoms with E-state index in [-0.39, 0.29) is 12.2 Å². The number of benzene rings is 3. The zero-order valence-corrected chi connectivity index (χ0v) is 25.9. The maximum Gasteiger partial charge on any atom is 0.362 e. The van der Waals surface area contributed by atoms with Gasteiger partial charge in [0.05, 0.1) is 25.8 Å². The van der Waals surface area contributed by atoms with E-state index in [1.807, 2.05) is 0 Å². The largest absolute Gasteiger partial charge is 0.481 e. The van der Waals surface area contributed by atoms with Gasteiger partial charge in [0.25, 0.3) is 11.6 Å². The van der Waals surface area contributed by atoms with Crippen LogP contribution in [0.25, 0.3) is 0 Å². The molecule has 1 fully saturated rings. The van der Waals surface area contributed by atoms with Crippen LogP contribution in [-0.4, -0.2) is 75.5 Å². The number of methoxy groups -OCH3 is 1. The molecule has 0 bridgehead atoms. The van der Waals surface area contributed by atoms with Crippen molar-refractivity contribution in [2.75, 3.05) is 12.0 Å². The Kier molecular flexibility index (Phi) is 9.85. The first-order valence-corrected chi connectivity index (χ1v) is 14.4. The Balaban J connectivity index is 2.05. The van der Waals surface area contributed by atoms with Gasteiger partial charge in [0.2, 0.25) is 5.91 Å². The van der Waals surface area contributed by atoms with Crippen molar-refractivity contribution in [2.24, 2.45) is 16.7 Å². The second-order valence-corrected chi connectivity index (χ2v) is 10.9. The van der Waals surface area contributed by atoms with Gasteiger partial charge in [-0.25, -0.2) is 14.5 Å². The number of anilines is 1. The van der Waals surface area contributed by atoms with Crippen molar-refractivity contribution >= 4 is 47.5 Å². The van der Waals surface area contributed by atoms with Crippen LogP contribution < -0.4 is 16.5 Å². The van der Waals surface area contributed by atoms with Crippen LogP contribution in [0.15, 0.2) is 90.0 Å². The third-order valence-electron chi connectivity index (χ3n) is 8.02. The number of carbonyl (C=O) groups excluding carboxylic acids is 5. The number of imide groups is 1. The summed E-state index contributed by atoms with van der Waals surface area (Å²) in [6.07, 6.45) is 0.485. The molecule has 0 spiro atoms. The first kappa shape index (κ1) is 34.0. The summed E-state index contributed by atoms with van der Waals surface area (Å²) >= 11 is 0. The second-order valence-electron chi connectivity index (χ2n) is 10.9. The molecule has 0 aliphatic carbocycles. The van der Waals surface area contributed by atoms with E-state index >= 15 is 0 Å². The number of rotatable bonds is 12. The molecule has 14 nitrogen and oxygen atoms in total. The van der Waals surface area contributed by atoms with Crippen LogP contribution in [0, 0.1) is 0 Å². The molecule has 4 amide bonds. The first-order chi connectivity index (χ1) is 22.3. The molecule has 0 radical (unpaired) electrons. The lowest BCUT2D eigenvalue weighted by Crippen LogP contribution is -2.74. The standard InChI is InChI=1S/C33H34N6O8/c1-21(40)33(30(45)47-3,38(25-12-8-5-9-13-25)28(43)26(34)18-27(41)42)39-29(44)32(2,24-16-14-22(15-17-24)19-36-35)37(31(39)46)20-23-10-6-4-7-11-23/h4-17,19,26H,18,20,34-35H2,1-3H3,(H,41,42)/t26-,32+,33-/m0/s1. The molecule has 4 rings (SSSR count). The van der Waals surface area contributed by atoms with Crippen molar-refractivity contribution < 1.29 is 38.6 Å². The molecule has 5 N–H and O–H groups in total. The summed E-state index contributed by atoms with van der Waals surface area (Å²) in [5.74, 6) is -1.03. The molecular weight excluding hydrogens is 608 g/mol. The number of ketones is 1. The van der Waals surface area contributed by atoms with Crippen molar-refractivity contribution in [1.29, 1.82) is 0 Å². The molecule has 1 aliphatic rings. The molecule has 1 saturated heterocycles. The molecule has 3 aromatic rings. The number of urea groups is 1. The number of nitrogens with zero attached hydrogens (tertiary/aromatic N) is 4. The number of carbonyl (C=O) groups is 6. The Morgan fingerprint density at radius 3 is 2.09 bits per heavy atom. The van der Waals surface area contributed by atoms with Gasteiger partial charge in [0.15, 0.2) is 5.78 Å². The molecule has 1 heterocycles. The summed E-state index contributed by atoms with van der Waals surface area (Å²) in [4.78, 5) is 85.6. The van der Waals surface area contributed by atoms with E-state index in [0.29, 0.717) is 26.5 Å². The number of aliphatic carboxylic acids is 1. The molecule has 3 atom stereocenters. The van der Waals surface area contributed by atoms with Gasteiger partial charge < -0.3 is 26.3 Å². The van der Waals surface area contributed by atoms with E-state index in [4.69, 9.17) is 16.3 Å². The van der Waals surface area contributed by atoms with Crippen molar-refractivity contribution in [1.82, 2.24) is 9.80 Å². The van der Waals surface area contributed by atoms with Crippen LogP contribution in [0.3, 0.4) is 0 Å². The number of carboxylic acids is 1. The monoisotopic (exact) mass is 642 g/mol. The molecule has 0 saturated carbocycles. The highest BCUT2D eigenvalue weighted by Crippen LogP contribution is 2.44. The van der Waals surface area contributed by atoms with Crippen LogP contribution in [0.2, 0.25) is 0 Å². The number of hydrogen-bond donors (Lipinski definition) is 3. The molecule has 244 valence electrons. The van der Waals surface area contributed by atoms with E-state index in [9.17, 15) is 33.9 Å². The molecule has 0 aromatic heterocycles. The lowest BCUT2D eigenvalue weighted by molar-refractivity contribution is -0.164. The molecule has 14 heteroatoms. The number of esters is 1. The lowest BCUT2D eigenvalue weighted by atomic mass is 9.88. The number of hydrogen-bond acceptors (Lipinski definition) is 10. The summed E-state index contributed by atoms with van der Waals surface area (Å²) in [7, 11) is 0.925. The number of para-hydroxylation sites is 1. The predicted octanol–water partition coefficient (Wildman–Crippen LogP) is 1.95. The molecule has 0 unspecified atom stereocenters. The Hall–Kier alpha value is -5.89. The van der Waals surface area contributed by atoms with Gasteiger partial charge >= 0.3 is 18.0 Å². The summed E-state index contributed by atoms with van der Waals surface area (Å²) < 4.78 is 5.07. The summed E-state index contributed by atoms with van der Waals surface area (Å²) in [5, 5.41) is 12.9. The molecule has 1 aliphatic heterocycles. The van der Waals surface area contributed by atoms with Crippen molar-refractivity contribution in [3.63, 3.8) is 0 Å².